The van der Waals surface area contributed by atoms with Gasteiger partial charge in [0.25, 0.3) is 5.78 Å². The van der Waals surface area contributed by atoms with Gasteiger partial charge in [-0.25, -0.2) is 9.37 Å². The number of nitrogens with zero attached hydrogens (tertiary/aromatic N) is 2. The lowest BCUT2D eigenvalue weighted by atomic mass is 9.95. The van der Waals surface area contributed by atoms with Crippen molar-refractivity contribution in [2.75, 3.05) is 12.0 Å². The quantitative estimate of drug-likeness (QED) is 0.321. The minimum absolute atomic E-state index is 0.131. The van der Waals surface area contributed by atoms with Crippen molar-refractivity contribution in [2.45, 2.75) is 19.9 Å². The van der Waals surface area contributed by atoms with Crippen molar-refractivity contribution in [1.29, 1.82) is 0 Å². The maximum atomic E-state index is 13.6. The van der Waals surface area contributed by atoms with E-state index in [0.717, 1.165) is 10.6 Å². The Morgan fingerprint density at radius 1 is 1.19 bits per heavy atom. The van der Waals surface area contributed by atoms with Gasteiger partial charge in [0.05, 0.1) is 29.4 Å². The highest BCUT2D eigenvalue weighted by Crippen LogP contribution is 2.44. The van der Waals surface area contributed by atoms with Crippen molar-refractivity contribution < 1.29 is 23.8 Å². The summed E-state index contributed by atoms with van der Waals surface area (Å²) in [6.45, 7) is 3.66. The second-order valence-corrected chi connectivity index (χ2v) is 8.80. The average molecular weight is 473 g/mol. The lowest BCUT2D eigenvalue weighted by Gasteiger charge is -2.23. The number of Topliss-reactive ketones (excluding diaryl/α,β-unsaturated/α-hetero) is 1. The third-order valence-electron chi connectivity index (χ3n) is 5.28. The Morgan fingerprint density at radius 2 is 1.88 bits per heavy atom. The van der Waals surface area contributed by atoms with Gasteiger partial charge in [0.1, 0.15) is 17.3 Å². The third kappa shape index (κ3) is 3.65. The molecule has 2 heterocycles. The summed E-state index contributed by atoms with van der Waals surface area (Å²) in [5.74, 6) is -2.15. The Bertz CT molecular complexity index is 1250. The van der Waals surface area contributed by atoms with Crippen LogP contribution in [0.2, 0.25) is 5.02 Å². The summed E-state index contributed by atoms with van der Waals surface area (Å²) >= 11 is 7.45. The number of halogens is 2. The van der Waals surface area contributed by atoms with E-state index < -0.39 is 29.3 Å². The first-order chi connectivity index (χ1) is 15.2. The highest BCUT2D eigenvalue weighted by atomic mass is 35.5. The van der Waals surface area contributed by atoms with E-state index in [2.05, 4.69) is 4.98 Å². The zero-order valence-electron chi connectivity index (χ0n) is 17.3. The monoisotopic (exact) mass is 472 g/mol. The summed E-state index contributed by atoms with van der Waals surface area (Å²) in [4.78, 5) is 32.7. The number of aliphatic hydroxyl groups is 1. The van der Waals surface area contributed by atoms with Crippen molar-refractivity contribution in [3.05, 3.63) is 80.6 Å². The molecule has 0 spiro atoms. The molecule has 32 heavy (non-hydrogen) atoms. The van der Waals surface area contributed by atoms with Gasteiger partial charge in [-0.05, 0) is 49.7 Å². The summed E-state index contributed by atoms with van der Waals surface area (Å²) in [5.41, 5.74) is 1.30. The standard InChI is InChI=1S/C23H18ClFN2O4S/c1-11-12(2)32-23(26-11)27-19(13-4-7-15(25)8-5-13)18(21(29)22(27)30)20(28)14-6-9-17(31-3)16(24)10-14/h4-10,19,28H,1-3H3/t19-/m0/s1. The minimum atomic E-state index is -0.985. The molecular weight excluding hydrogens is 455 g/mol. The van der Waals surface area contributed by atoms with Gasteiger partial charge in [-0.2, -0.15) is 0 Å². The fourth-order valence-corrected chi connectivity index (χ4v) is 4.71. The molecule has 1 amide bonds. The van der Waals surface area contributed by atoms with E-state index >= 15 is 0 Å². The van der Waals surface area contributed by atoms with Crippen LogP contribution >= 0.6 is 22.9 Å². The predicted octanol–water partition coefficient (Wildman–Crippen LogP) is 5.19. The Morgan fingerprint density at radius 3 is 2.44 bits per heavy atom. The van der Waals surface area contributed by atoms with Gasteiger partial charge in [0.2, 0.25) is 0 Å². The maximum Gasteiger partial charge on any atom is 0.301 e. The molecule has 0 radical (unpaired) electrons. The number of amides is 1. The third-order valence-corrected chi connectivity index (χ3v) is 6.65. The Kier molecular flexibility index (Phi) is 5.75. The largest absolute Gasteiger partial charge is 0.507 e. The lowest BCUT2D eigenvalue weighted by molar-refractivity contribution is -0.132. The summed E-state index contributed by atoms with van der Waals surface area (Å²) in [6.07, 6.45) is 0. The summed E-state index contributed by atoms with van der Waals surface area (Å²) in [5, 5.41) is 11.7. The highest BCUT2D eigenvalue weighted by molar-refractivity contribution is 7.16. The van der Waals surface area contributed by atoms with Crippen molar-refractivity contribution in [2.24, 2.45) is 0 Å². The summed E-state index contributed by atoms with van der Waals surface area (Å²) < 4.78 is 18.7. The first-order valence-corrected chi connectivity index (χ1v) is 10.8. The Hall–Kier alpha value is -3.23. The molecule has 1 aliphatic rings. The number of methoxy groups -OCH3 is 1. The molecule has 3 aromatic rings. The number of rotatable bonds is 4. The molecule has 1 saturated heterocycles. The summed E-state index contributed by atoms with van der Waals surface area (Å²) in [6, 6.07) is 8.96. The van der Waals surface area contributed by atoms with E-state index in [1.54, 1.807) is 13.0 Å². The molecule has 6 nitrogen and oxygen atoms in total. The number of carbonyl (C=O) groups is 2. The smallest absolute Gasteiger partial charge is 0.301 e. The second kappa shape index (κ2) is 8.37. The molecule has 1 N–H and O–H groups in total. The van der Waals surface area contributed by atoms with Crippen LogP contribution in [0.15, 0.2) is 48.0 Å². The van der Waals surface area contributed by atoms with Crippen LogP contribution in [0.4, 0.5) is 9.52 Å². The van der Waals surface area contributed by atoms with Crippen LogP contribution in [0.5, 0.6) is 5.75 Å². The molecule has 2 aromatic carbocycles. The zero-order chi connectivity index (χ0) is 23.2. The fraction of sp³-hybridized carbons (Fsp3) is 0.174. The second-order valence-electron chi connectivity index (χ2n) is 7.21. The van der Waals surface area contributed by atoms with Gasteiger partial charge >= 0.3 is 5.91 Å². The summed E-state index contributed by atoms with van der Waals surface area (Å²) in [7, 11) is 1.46. The van der Waals surface area contributed by atoms with Crippen LogP contribution in [0.3, 0.4) is 0 Å². The lowest BCUT2D eigenvalue weighted by Crippen LogP contribution is -2.29. The van der Waals surface area contributed by atoms with E-state index in [1.807, 2.05) is 6.92 Å². The maximum absolute atomic E-state index is 13.6. The molecule has 9 heteroatoms. The molecule has 0 saturated carbocycles. The molecule has 0 unspecified atom stereocenters. The topological polar surface area (TPSA) is 79.7 Å². The van der Waals surface area contributed by atoms with Gasteiger partial charge in [0.15, 0.2) is 5.13 Å². The van der Waals surface area contributed by atoms with E-state index in [9.17, 15) is 19.1 Å². The van der Waals surface area contributed by atoms with E-state index in [1.165, 1.54) is 59.7 Å². The molecule has 1 fully saturated rings. The number of hydrogen-bond acceptors (Lipinski definition) is 6. The van der Waals surface area contributed by atoms with Gasteiger partial charge in [-0.3, -0.25) is 14.5 Å². The normalized spacial score (nSPS) is 17.8. The number of aromatic nitrogens is 1. The number of ketones is 1. The van der Waals surface area contributed by atoms with E-state index in [-0.39, 0.29) is 16.2 Å². The first-order valence-electron chi connectivity index (χ1n) is 9.57. The van der Waals surface area contributed by atoms with Crippen LogP contribution in [-0.4, -0.2) is 28.9 Å². The van der Waals surface area contributed by atoms with E-state index in [0.29, 0.717) is 16.4 Å². The number of thiazole rings is 1. The number of carbonyl (C=O) groups excluding carboxylic acids is 2. The number of aliphatic hydroxyl groups excluding tert-OH is 1. The number of hydrogen-bond donors (Lipinski definition) is 1. The van der Waals surface area contributed by atoms with Crippen LogP contribution in [0.1, 0.15) is 27.7 Å². The first kappa shape index (κ1) is 22.0. The predicted molar refractivity (Wildman–Crippen MR) is 121 cm³/mol. The number of benzene rings is 2. The minimum Gasteiger partial charge on any atom is -0.507 e. The van der Waals surface area contributed by atoms with Gasteiger partial charge in [0, 0.05) is 10.4 Å². The molecule has 1 aromatic heterocycles. The Labute approximate surface area is 192 Å². The van der Waals surface area contributed by atoms with Crippen molar-refractivity contribution in [3.8, 4) is 5.75 Å². The Balaban J connectivity index is 1.94. The SMILES string of the molecule is COc1ccc(C(O)=C2C(=O)C(=O)N(c3nc(C)c(C)s3)[C@H]2c2ccc(F)cc2)cc1Cl. The number of ether oxygens (including phenoxy) is 1. The number of anilines is 1. The zero-order valence-corrected chi connectivity index (χ0v) is 18.9. The van der Waals surface area contributed by atoms with Gasteiger partial charge < -0.3 is 9.84 Å². The molecule has 0 aliphatic carbocycles. The van der Waals surface area contributed by atoms with Crippen LogP contribution < -0.4 is 9.64 Å². The van der Waals surface area contributed by atoms with Gasteiger partial charge in [-0.15, -0.1) is 11.3 Å². The van der Waals surface area contributed by atoms with Crippen molar-refractivity contribution in [1.82, 2.24) is 4.98 Å². The fourth-order valence-electron chi connectivity index (χ4n) is 3.52. The van der Waals surface area contributed by atoms with Gasteiger partial charge in [-0.1, -0.05) is 23.7 Å². The molecular formula is C23H18ClFN2O4S. The molecule has 0 bridgehead atoms. The van der Waals surface area contributed by atoms with Crippen LogP contribution in [0, 0.1) is 19.7 Å². The highest BCUT2D eigenvalue weighted by Gasteiger charge is 2.48. The van der Waals surface area contributed by atoms with Crippen molar-refractivity contribution >= 4 is 45.5 Å². The molecule has 1 aliphatic heterocycles. The average Bonchev–Trinajstić information content (AvgIpc) is 3.23. The molecule has 4 rings (SSSR count). The van der Waals surface area contributed by atoms with Crippen LogP contribution in [-0.2, 0) is 9.59 Å². The number of aryl methyl sites for hydroxylation is 2. The molecule has 164 valence electrons. The van der Waals surface area contributed by atoms with Crippen molar-refractivity contribution in [3.63, 3.8) is 0 Å². The van der Waals surface area contributed by atoms with E-state index in [4.69, 9.17) is 16.3 Å². The molecule has 1 atom stereocenters. The van der Waals surface area contributed by atoms with Crippen LogP contribution in [0.25, 0.3) is 5.76 Å².